The van der Waals surface area contributed by atoms with Gasteiger partial charge in [0.1, 0.15) is 0 Å². The van der Waals surface area contributed by atoms with E-state index >= 15 is 0 Å². The van der Waals surface area contributed by atoms with E-state index in [-0.39, 0.29) is 5.41 Å². The number of fused-ring (bicyclic) bond motifs is 1. The molecule has 0 spiro atoms. The van der Waals surface area contributed by atoms with Crippen molar-refractivity contribution in [2.45, 2.75) is 25.2 Å². The van der Waals surface area contributed by atoms with Crippen molar-refractivity contribution in [1.82, 2.24) is 19.9 Å². The van der Waals surface area contributed by atoms with Crippen LogP contribution in [-0.4, -0.2) is 28.2 Å². The molecule has 2 heterocycles. The van der Waals surface area contributed by atoms with Crippen molar-refractivity contribution in [2.24, 2.45) is 0 Å². The lowest BCUT2D eigenvalue weighted by Gasteiger charge is -2.08. The molecule has 1 aliphatic rings. The van der Waals surface area contributed by atoms with Crippen LogP contribution in [0.5, 0.6) is 0 Å². The number of nitrogens with zero attached hydrogens (tertiary/aromatic N) is 3. The van der Waals surface area contributed by atoms with E-state index in [4.69, 9.17) is 0 Å². The van der Waals surface area contributed by atoms with Crippen molar-refractivity contribution in [3.05, 3.63) is 29.7 Å². The third-order valence-corrected chi connectivity index (χ3v) is 3.39. The fourth-order valence-corrected chi connectivity index (χ4v) is 2.23. The summed E-state index contributed by atoms with van der Waals surface area (Å²) in [5, 5.41) is 7.87. The standard InChI is InChI=1S/C12H16N4/c1-9-4-3-5-10-14-11(15-16(9)10)12(6-7-12)8-13-2/h3-5,13H,6-8H2,1-2H3. The lowest BCUT2D eigenvalue weighted by molar-refractivity contribution is 0.586. The highest BCUT2D eigenvalue weighted by atomic mass is 15.3. The molecule has 2 aromatic heterocycles. The van der Waals surface area contributed by atoms with Gasteiger partial charge in [-0.15, -0.1) is 0 Å². The third-order valence-electron chi connectivity index (χ3n) is 3.39. The Balaban J connectivity index is 2.09. The van der Waals surface area contributed by atoms with Crippen molar-refractivity contribution in [3.8, 4) is 0 Å². The summed E-state index contributed by atoms with van der Waals surface area (Å²) in [5.41, 5.74) is 2.29. The minimum atomic E-state index is 0.202. The van der Waals surface area contributed by atoms with E-state index in [0.29, 0.717) is 0 Å². The van der Waals surface area contributed by atoms with Gasteiger partial charge < -0.3 is 5.32 Å². The van der Waals surface area contributed by atoms with Crippen LogP contribution in [0.4, 0.5) is 0 Å². The number of pyridine rings is 1. The van der Waals surface area contributed by atoms with Crippen molar-refractivity contribution in [2.75, 3.05) is 13.6 Å². The topological polar surface area (TPSA) is 42.2 Å². The van der Waals surface area contributed by atoms with Gasteiger partial charge in [-0.1, -0.05) is 6.07 Å². The first kappa shape index (κ1) is 9.78. The number of aromatic nitrogens is 3. The Hall–Kier alpha value is -1.42. The summed E-state index contributed by atoms with van der Waals surface area (Å²) < 4.78 is 1.94. The maximum atomic E-state index is 4.64. The summed E-state index contributed by atoms with van der Waals surface area (Å²) in [6, 6.07) is 6.10. The number of hydrogen-bond donors (Lipinski definition) is 1. The van der Waals surface area contributed by atoms with Gasteiger partial charge in [-0.3, -0.25) is 0 Å². The molecule has 84 valence electrons. The van der Waals surface area contributed by atoms with Crippen LogP contribution in [0.3, 0.4) is 0 Å². The van der Waals surface area contributed by atoms with Crippen molar-refractivity contribution in [3.63, 3.8) is 0 Å². The first-order chi connectivity index (χ1) is 7.75. The molecule has 0 saturated heterocycles. The Bertz CT molecular complexity index is 525. The minimum Gasteiger partial charge on any atom is -0.319 e. The second-order valence-electron chi connectivity index (χ2n) is 4.68. The summed E-state index contributed by atoms with van der Waals surface area (Å²) in [6.45, 7) is 3.03. The van der Waals surface area contributed by atoms with Crippen LogP contribution >= 0.6 is 0 Å². The van der Waals surface area contributed by atoms with Crippen molar-refractivity contribution >= 4 is 5.65 Å². The lowest BCUT2D eigenvalue weighted by Crippen LogP contribution is -2.24. The molecule has 0 bridgehead atoms. The smallest absolute Gasteiger partial charge is 0.159 e. The summed E-state index contributed by atoms with van der Waals surface area (Å²) in [7, 11) is 1.99. The van der Waals surface area contributed by atoms with E-state index in [1.54, 1.807) is 0 Å². The average molecular weight is 216 g/mol. The van der Waals surface area contributed by atoms with Gasteiger partial charge in [-0.2, -0.15) is 5.10 Å². The van der Waals surface area contributed by atoms with E-state index in [0.717, 1.165) is 23.7 Å². The first-order valence-electron chi connectivity index (χ1n) is 5.73. The molecule has 1 N–H and O–H groups in total. The SMILES string of the molecule is CNCC1(c2nc3cccc(C)n3n2)CC1. The molecule has 0 aromatic carbocycles. The van der Waals surface area contributed by atoms with E-state index in [9.17, 15) is 0 Å². The van der Waals surface area contributed by atoms with Crippen LogP contribution < -0.4 is 5.32 Å². The largest absolute Gasteiger partial charge is 0.319 e. The molecule has 4 heteroatoms. The fraction of sp³-hybridized carbons (Fsp3) is 0.500. The van der Waals surface area contributed by atoms with E-state index in [1.807, 2.05) is 23.7 Å². The molecule has 1 fully saturated rings. The molecule has 0 unspecified atom stereocenters. The summed E-state index contributed by atoms with van der Waals surface area (Å²) >= 11 is 0. The number of nitrogens with one attached hydrogen (secondary N) is 1. The van der Waals surface area contributed by atoms with Crippen LogP contribution in [0.25, 0.3) is 5.65 Å². The van der Waals surface area contributed by atoms with Gasteiger partial charge in [0.15, 0.2) is 11.5 Å². The molecular weight excluding hydrogens is 200 g/mol. The second kappa shape index (κ2) is 3.28. The quantitative estimate of drug-likeness (QED) is 0.840. The molecular formula is C12H16N4. The van der Waals surface area contributed by atoms with Crippen LogP contribution in [0.2, 0.25) is 0 Å². The Labute approximate surface area is 94.7 Å². The first-order valence-corrected chi connectivity index (χ1v) is 5.73. The Morgan fingerprint density at radius 1 is 1.44 bits per heavy atom. The molecule has 2 aromatic rings. The van der Waals surface area contributed by atoms with E-state index in [1.165, 1.54) is 12.8 Å². The van der Waals surface area contributed by atoms with Gasteiger partial charge in [0.25, 0.3) is 0 Å². The molecule has 0 radical (unpaired) electrons. The fourth-order valence-electron chi connectivity index (χ4n) is 2.23. The van der Waals surface area contributed by atoms with E-state index < -0.39 is 0 Å². The van der Waals surface area contributed by atoms with Crippen molar-refractivity contribution < 1.29 is 0 Å². The zero-order valence-corrected chi connectivity index (χ0v) is 9.70. The van der Waals surface area contributed by atoms with Crippen molar-refractivity contribution in [1.29, 1.82) is 0 Å². The Kier molecular flexibility index (Phi) is 2.01. The van der Waals surface area contributed by atoms with Gasteiger partial charge in [0.2, 0.25) is 0 Å². The van der Waals surface area contributed by atoms with Crippen LogP contribution in [0, 0.1) is 6.92 Å². The highest BCUT2D eigenvalue weighted by Crippen LogP contribution is 2.46. The van der Waals surface area contributed by atoms with Gasteiger partial charge >= 0.3 is 0 Å². The molecule has 16 heavy (non-hydrogen) atoms. The molecule has 0 atom stereocenters. The highest BCUT2D eigenvalue weighted by Gasteiger charge is 2.47. The minimum absolute atomic E-state index is 0.202. The zero-order valence-electron chi connectivity index (χ0n) is 9.70. The number of rotatable bonds is 3. The van der Waals surface area contributed by atoms with Gasteiger partial charge in [-0.05, 0) is 38.9 Å². The summed E-state index contributed by atoms with van der Waals surface area (Å²) in [4.78, 5) is 4.64. The third kappa shape index (κ3) is 1.33. The second-order valence-corrected chi connectivity index (χ2v) is 4.68. The summed E-state index contributed by atoms with van der Waals surface area (Å²) in [6.07, 6.45) is 2.40. The predicted molar refractivity (Wildman–Crippen MR) is 62.6 cm³/mol. The molecule has 1 aliphatic carbocycles. The molecule has 0 amide bonds. The molecule has 1 saturated carbocycles. The number of hydrogen-bond acceptors (Lipinski definition) is 3. The monoisotopic (exact) mass is 216 g/mol. The maximum Gasteiger partial charge on any atom is 0.159 e. The van der Waals surface area contributed by atoms with Crippen LogP contribution in [0.15, 0.2) is 18.2 Å². The number of aryl methyl sites for hydroxylation is 1. The van der Waals surface area contributed by atoms with Crippen LogP contribution in [-0.2, 0) is 5.41 Å². The number of likely N-dealkylation sites (N-methyl/N-ethyl adjacent to an activating group) is 1. The van der Waals surface area contributed by atoms with E-state index in [2.05, 4.69) is 28.4 Å². The highest BCUT2D eigenvalue weighted by molar-refractivity contribution is 5.40. The summed E-state index contributed by atoms with van der Waals surface area (Å²) in [5.74, 6) is 0.996. The average Bonchev–Trinajstić information content (AvgIpc) is 2.91. The Morgan fingerprint density at radius 3 is 2.88 bits per heavy atom. The molecule has 3 rings (SSSR count). The van der Waals surface area contributed by atoms with Gasteiger partial charge in [-0.25, -0.2) is 9.50 Å². The molecule has 0 aliphatic heterocycles. The maximum absolute atomic E-state index is 4.64. The zero-order chi connectivity index (χ0) is 11.2. The lowest BCUT2D eigenvalue weighted by atomic mass is 10.1. The van der Waals surface area contributed by atoms with Gasteiger partial charge in [0.05, 0.1) is 0 Å². The normalized spacial score (nSPS) is 17.9. The predicted octanol–water partition coefficient (Wildman–Crippen LogP) is 1.29. The van der Waals surface area contributed by atoms with Gasteiger partial charge in [0, 0.05) is 17.7 Å². The Morgan fingerprint density at radius 2 is 2.25 bits per heavy atom. The molecule has 4 nitrogen and oxygen atoms in total. The van der Waals surface area contributed by atoms with Crippen LogP contribution in [0.1, 0.15) is 24.4 Å².